The SMILES string of the molecule is COc1ccc2[nH]c3c(c2c1F)CC1(C)C(=O)N(CCCNC2CC2)C(=O)N1C3c1cccc(O)c1. The van der Waals surface area contributed by atoms with Crippen LogP contribution >= 0.6 is 0 Å². The number of H-pyrrole nitrogens is 1. The molecule has 1 saturated heterocycles. The predicted molar refractivity (Wildman–Crippen MR) is 131 cm³/mol. The van der Waals surface area contributed by atoms with E-state index in [-0.39, 0.29) is 29.9 Å². The Balaban J connectivity index is 1.46. The number of nitrogens with zero attached hydrogens (tertiary/aromatic N) is 2. The second-order valence-corrected chi connectivity index (χ2v) is 10.2. The number of phenolic OH excluding ortho intramolecular Hbond substituents is 1. The summed E-state index contributed by atoms with van der Waals surface area (Å²) < 4.78 is 20.7. The van der Waals surface area contributed by atoms with Crippen molar-refractivity contribution < 1.29 is 23.8 Å². The van der Waals surface area contributed by atoms with E-state index in [4.69, 9.17) is 4.74 Å². The van der Waals surface area contributed by atoms with Crippen molar-refractivity contribution >= 4 is 22.8 Å². The number of phenols is 1. The number of hydrogen-bond donors (Lipinski definition) is 3. The Labute approximate surface area is 208 Å². The van der Waals surface area contributed by atoms with Crippen molar-refractivity contribution in [2.75, 3.05) is 20.2 Å². The highest BCUT2D eigenvalue weighted by Gasteiger charge is 2.60. The molecule has 2 unspecified atom stereocenters. The fraction of sp³-hybridized carbons (Fsp3) is 0.407. The number of hydrogen-bond acceptors (Lipinski definition) is 5. The summed E-state index contributed by atoms with van der Waals surface area (Å²) in [5, 5.41) is 14.0. The third kappa shape index (κ3) is 3.37. The van der Waals surface area contributed by atoms with Gasteiger partial charge in [-0.25, -0.2) is 9.18 Å². The number of carbonyl (C=O) groups is 2. The number of amides is 3. The molecule has 2 atom stereocenters. The Morgan fingerprint density at radius 3 is 2.78 bits per heavy atom. The highest BCUT2D eigenvalue weighted by molar-refractivity contribution is 6.08. The number of halogens is 1. The van der Waals surface area contributed by atoms with E-state index < -0.39 is 17.4 Å². The van der Waals surface area contributed by atoms with E-state index in [0.29, 0.717) is 46.7 Å². The lowest BCUT2D eigenvalue weighted by atomic mass is 9.81. The fourth-order valence-electron chi connectivity index (χ4n) is 5.78. The number of aromatic nitrogens is 1. The number of urea groups is 1. The average molecular weight is 493 g/mol. The Hall–Kier alpha value is -3.59. The molecule has 0 spiro atoms. The summed E-state index contributed by atoms with van der Waals surface area (Å²) in [7, 11) is 1.41. The molecule has 2 aliphatic heterocycles. The standard InChI is InChI=1S/C27H29FN4O4/c1-27-14-18-21-19(9-10-20(36-2)22(21)28)30-23(18)24(15-5-3-6-17(33)13-15)32(27)26(35)31(25(27)34)12-4-11-29-16-7-8-16/h3,5-6,9-10,13,16,24,29-30,33H,4,7-8,11-12,14H2,1-2H3. The van der Waals surface area contributed by atoms with Gasteiger partial charge in [0.1, 0.15) is 17.3 Å². The first-order valence-electron chi connectivity index (χ1n) is 12.4. The van der Waals surface area contributed by atoms with E-state index in [2.05, 4.69) is 10.3 Å². The van der Waals surface area contributed by atoms with E-state index in [9.17, 15) is 14.7 Å². The summed E-state index contributed by atoms with van der Waals surface area (Å²) in [4.78, 5) is 33.8. The molecule has 36 heavy (non-hydrogen) atoms. The molecule has 9 heteroatoms. The highest BCUT2D eigenvalue weighted by atomic mass is 19.1. The van der Waals surface area contributed by atoms with Crippen molar-refractivity contribution in [3.05, 3.63) is 59.0 Å². The largest absolute Gasteiger partial charge is 0.508 e. The summed E-state index contributed by atoms with van der Waals surface area (Å²) in [5.41, 5.74) is 1.29. The number of carbonyl (C=O) groups excluding carboxylic acids is 2. The summed E-state index contributed by atoms with van der Waals surface area (Å²) in [6.45, 7) is 2.81. The van der Waals surface area contributed by atoms with Crippen LogP contribution in [0.4, 0.5) is 9.18 Å². The Morgan fingerprint density at radius 2 is 2.06 bits per heavy atom. The van der Waals surface area contributed by atoms with E-state index in [1.807, 2.05) is 6.07 Å². The van der Waals surface area contributed by atoms with Crippen LogP contribution in [0.15, 0.2) is 36.4 Å². The van der Waals surface area contributed by atoms with Crippen molar-refractivity contribution in [3.8, 4) is 11.5 Å². The number of nitrogens with one attached hydrogen (secondary N) is 2. The third-order valence-electron chi connectivity index (χ3n) is 7.70. The van der Waals surface area contributed by atoms with E-state index in [0.717, 1.165) is 6.54 Å². The first-order valence-corrected chi connectivity index (χ1v) is 12.4. The van der Waals surface area contributed by atoms with E-state index >= 15 is 4.39 Å². The van der Waals surface area contributed by atoms with Crippen LogP contribution in [-0.4, -0.2) is 63.6 Å². The monoisotopic (exact) mass is 492 g/mol. The number of ether oxygens (including phenoxy) is 1. The second-order valence-electron chi connectivity index (χ2n) is 10.2. The molecule has 0 bridgehead atoms. The molecule has 3 heterocycles. The average Bonchev–Trinajstić information content (AvgIpc) is 3.58. The quantitative estimate of drug-likeness (QED) is 0.344. The Kier molecular flexibility index (Phi) is 5.22. The molecule has 3 N–H and O–H groups in total. The van der Waals surface area contributed by atoms with E-state index in [1.54, 1.807) is 42.2 Å². The molecule has 1 aliphatic carbocycles. The molecule has 3 amide bonds. The molecule has 3 aromatic rings. The maximum atomic E-state index is 15.5. The molecule has 8 nitrogen and oxygen atoms in total. The Bertz CT molecular complexity index is 1380. The first-order chi connectivity index (χ1) is 17.3. The van der Waals surface area contributed by atoms with Crippen molar-refractivity contribution in [1.82, 2.24) is 20.1 Å². The number of aromatic amines is 1. The maximum Gasteiger partial charge on any atom is 0.328 e. The van der Waals surface area contributed by atoms with Crippen LogP contribution in [-0.2, 0) is 11.2 Å². The van der Waals surface area contributed by atoms with Gasteiger partial charge in [-0.3, -0.25) is 14.6 Å². The van der Waals surface area contributed by atoms with Gasteiger partial charge in [0.15, 0.2) is 11.6 Å². The van der Waals surface area contributed by atoms with Gasteiger partial charge in [0.25, 0.3) is 5.91 Å². The normalized spacial score (nSPS) is 23.4. The molecule has 2 aromatic carbocycles. The van der Waals surface area contributed by atoms with Gasteiger partial charge in [0, 0.05) is 35.6 Å². The molecule has 2 fully saturated rings. The highest BCUT2D eigenvalue weighted by Crippen LogP contribution is 2.49. The van der Waals surface area contributed by atoms with Gasteiger partial charge in [-0.2, -0.15) is 0 Å². The second kappa shape index (κ2) is 8.23. The van der Waals surface area contributed by atoms with Gasteiger partial charge in [-0.1, -0.05) is 12.1 Å². The zero-order valence-electron chi connectivity index (χ0n) is 20.3. The number of rotatable bonds is 7. The molecule has 1 aromatic heterocycles. The van der Waals surface area contributed by atoms with Gasteiger partial charge < -0.3 is 20.1 Å². The topological polar surface area (TPSA) is 97.9 Å². The van der Waals surface area contributed by atoms with Gasteiger partial charge >= 0.3 is 6.03 Å². The Morgan fingerprint density at radius 1 is 1.25 bits per heavy atom. The lowest BCUT2D eigenvalue weighted by Gasteiger charge is -2.42. The number of fused-ring (bicyclic) bond motifs is 4. The lowest BCUT2D eigenvalue weighted by molar-refractivity contribution is -0.133. The number of methoxy groups -OCH3 is 1. The molecule has 1 saturated carbocycles. The molecular formula is C27H29FN4O4. The first kappa shape index (κ1) is 22.8. The summed E-state index contributed by atoms with van der Waals surface area (Å²) in [6, 6.07) is 9.43. The molecule has 6 rings (SSSR count). The fourth-order valence-corrected chi connectivity index (χ4v) is 5.78. The minimum atomic E-state index is -1.20. The zero-order chi connectivity index (χ0) is 25.2. The van der Waals surface area contributed by atoms with Crippen LogP contribution < -0.4 is 10.1 Å². The van der Waals surface area contributed by atoms with Crippen LogP contribution in [0, 0.1) is 5.82 Å². The number of imide groups is 1. The zero-order valence-corrected chi connectivity index (χ0v) is 20.3. The molecular weight excluding hydrogens is 463 g/mol. The van der Waals surface area contributed by atoms with E-state index in [1.165, 1.54) is 24.9 Å². The molecule has 188 valence electrons. The van der Waals surface area contributed by atoms with Gasteiger partial charge in [-0.15, -0.1) is 0 Å². The van der Waals surface area contributed by atoms with Gasteiger partial charge in [0.05, 0.1) is 7.11 Å². The summed E-state index contributed by atoms with van der Waals surface area (Å²) >= 11 is 0. The summed E-state index contributed by atoms with van der Waals surface area (Å²) in [6.07, 6.45) is 3.18. The van der Waals surface area contributed by atoms with Crippen molar-refractivity contribution in [1.29, 1.82) is 0 Å². The predicted octanol–water partition coefficient (Wildman–Crippen LogP) is 3.83. The van der Waals surface area contributed by atoms with Crippen LogP contribution in [0.2, 0.25) is 0 Å². The van der Waals surface area contributed by atoms with Crippen LogP contribution in [0.3, 0.4) is 0 Å². The number of benzene rings is 2. The summed E-state index contributed by atoms with van der Waals surface area (Å²) in [5.74, 6) is -0.623. The van der Waals surface area contributed by atoms with Gasteiger partial charge in [0.2, 0.25) is 0 Å². The maximum absolute atomic E-state index is 15.5. The van der Waals surface area contributed by atoms with Crippen LogP contribution in [0.5, 0.6) is 11.5 Å². The van der Waals surface area contributed by atoms with Gasteiger partial charge in [-0.05, 0) is 68.1 Å². The minimum absolute atomic E-state index is 0.0475. The minimum Gasteiger partial charge on any atom is -0.508 e. The van der Waals surface area contributed by atoms with Crippen molar-refractivity contribution in [2.45, 2.75) is 50.2 Å². The molecule has 3 aliphatic rings. The van der Waals surface area contributed by atoms with Crippen LogP contribution in [0.25, 0.3) is 10.9 Å². The van der Waals surface area contributed by atoms with Crippen LogP contribution in [0.1, 0.15) is 49.0 Å². The number of aromatic hydroxyl groups is 1. The third-order valence-corrected chi connectivity index (χ3v) is 7.70. The molecule has 0 radical (unpaired) electrons. The van der Waals surface area contributed by atoms with Crippen molar-refractivity contribution in [2.24, 2.45) is 0 Å². The van der Waals surface area contributed by atoms with Crippen molar-refractivity contribution in [3.63, 3.8) is 0 Å². The smallest absolute Gasteiger partial charge is 0.328 e. The lowest BCUT2D eigenvalue weighted by Crippen LogP contribution is -2.53.